The van der Waals surface area contributed by atoms with Gasteiger partial charge in [-0.15, -0.1) is 10.2 Å². The van der Waals surface area contributed by atoms with Crippen LogP contribution in [0, 0.1) is 12.8 Å². The van der Waals surface area contributed by atoms with Crippen LogP contribution in [0.25, 0.3) is 5.82 Å². The average Bonchev–Trinajstić information content (AvgIpc) is 3.25. The highest BCUT2D eigenvalue weighted by atomic mass is 35.5. The summed E-state index contributed by atoms with van der Waals surface area (Å²) in [4.78, 5) is 18.7. The van der Waals surface area contributed by atoms with E-state index in [-0.39, 0.29) is 11.8 Å². The summed E-state index contributed by atoms with van der Waals surface area (Å²) in [5.41, 5.74) is 1.70. The van der Waals surface area contributed by atoms with Crippen molar-refractivity contribution >= 4 is 29.0 Å². The number of nitrogens with one attached hydrogen (secondary N) is 1. The summed E-state index contributed by atoms with van der Waals surface area (Å²) in [7, 11) is 0. The smallest absolute Gasteiger partial charge is 0.229 e. The summed E-state index contributed by atoms with van der Waals surface area (Å²) in [5, 5.41) is 16.0. The van der Waals surface area contributed by atoms with Gasteiger partial charge in [0.25, 0.3) is 0 Å². The predicted molar refractivity (Wildman–Crippen MR) is 107 cm³/mol. The molecule has 1 aliphatic rings. The first-order valence-corrected chi connectivity index (χ1v) is 9.48. The van der Waals surface area contributed by atoms with Crippen LogP contribution in [0.2, 0.25) is 5.02 Å². The lowest BCUT2D eigenvalue weighted by Gasteiger charge is -2.32. The number of benzene rings is 1. The average molecular weight is 398 g/mol. The number of nitrogens with zero attached hydrogens (tertiary/aromatic N) is 6. The molecule has 3 aromatic rings. The summed E-state index contributed by atoms with van der Waals surface area (Å²) >= 11 is 6.24. The van der Waals surface area contributed by atoms with E-state index in [4.69, 9.17) is 11.6 Å². The number of hydrogen-bond donors (Lipinski definition) is 1. The number of aromatic nitrogens is 5. The molecule has 8 nitrogen and oxygen atoms in total. The molecule has 3 heterocycles. The summed E-state index contributed by atoms with van der Waals surface area (Å²) < 4.78 is 1.55. The number of anilines is 2. The maximum absolute atomic E-state index is 12.7. The van der Waals surface area contributed by atoms with Gasteiger partial charge in [0.15, 0.2) is 11.6 Å². The standard InChI is InChI=1S/C19H20ClN7O/c1-13-4-5-16(15(20)9-13)23-19(28)14-3-2-8-26(10-14)17-6-7-18(25-24-17)27-12-21-11-22-27/h4-7,9,11-12,14H,2-3,8,10H2,1H3,(H,23,28)/t14-/m0/s1. The molecule has 144 valence electrons. The normalized spacial score (nSPS) is 16.8. The third-order valence-electron chi connectivity index (χ3n) is 4.79. The minimum atomic E-state index is -0.136. The SMILES string of the molecule is Cc1ccc(NC(=O)[C@H]2CCCN(c3ccc(-n4cncn4)nn3)C2)c(Cl)c1. The van der Waals surface area contributed by atoms with E-state index in [0.29, 0.717) is 23.1 Å². The van der Waals surface area contributed by atoms with Crippen molar-refractivity contribution < 1.29 is 4.79 Å². The van der Waals surface area contributed by atoms with Crippen LogP contribution < -0.4 is 10.2 Å². The summed E-state index contributed by atoms with van der Waals surface area (Å²) in [6, 6.07) is 9.34. The van der Waals surface area contributed by atoms with E-state index in [1.54, 1.807) is 11.0 Å². The highest BCUT2D eigenvalue weighted by Gasteiger charge is 2.27. The molecule has 2 aromatic heterocycles. The second kappa shape index (κ2) is 7.93. The Morgan fingerprint density at radius 3 is 2.75 bits per heavy atom. The van der Waals surface area contributed by atoms with Gasteiger partial charge in [0, 0.05) is 13.1 Å². The van der Waals surface area contributed by atoms with E-state index in [1.165, 1.54) is 6.33 Å². The summed E-state index contributed by atoms with van der Waals surface area (Å²) in [6.07, 6.45) is 4.76. The van der Waals surface area contributed by atoms with Gasteiger partial charge in [0.2, 0.25) is 5.91 Å². The first kappa shape index (κ1) is 18.4. The van der Waals surface area contributed by atoms with E-state index >= 15 is 0 Å². The molecule has 9 heteroatoms. The van der Waals surface area contributed by atoms with E-state index in [1.807, 2.05) is 37.3 Å². The fraction of sp³-hybridized carbons (Fsp3) is 0.316. The quantitative estimate of drug-likeness (QED) is 0.728. The number of rotatable bonds is 4. The molecule has 1 amide bonds. The molecule has 0 aliphatic carbocycles. The van der Waals surface area contributed by atoms with Gasteiger partial charge < -0.3 is 10.2 Å². The molecule has 1 fully saturated rings. The summed E-state index contributed by atoms with van der Waals surface area (Å²) in [5.74, 6) is 1.18. The van der Waals surface area contributed by atoms with Crippen LogP contribution in [-0.4, -0.2) is 44.0 Å². The van der Waals surface area contributed by atoms with E-state index in [2.05, 4.69) is 30.5 Å². The lowest BCUT2D eigenvalue weighted by molar-refractivity contribution is -0.120. The Bertz CT molecular complexity index is 959. The van der Waals surface area contributed by atoms with E-state index in [0.717, 1.165) is 30.8 Å². The van der Waals surface area contributed by atoms with E-state index < -0.39 is 0 Å². The molecule has 0 radical (unpaired) electrons. The van der Waals surface area contributed by atoms with Crippen LogP contribution in [0.15, 0.2) is 43.0 Å². The molecule has 0 unspecified atom stereocenters. The van der Waals surface area contributed by atoms with Crippen molar-refractivity contribution in [2.45, 2.75) is 19.8 Å². The first-order chi connectivity index (χ1) is 13.6. The largest absolute Gasteiger partial charge is 0.354 e. The van der Waals surface area contributed by atoms with Crippen molar-refractivity contribution in [2.75, 3.05) is 23.3 Å². The first-order valence-electron chi connectivity index (χ1n) is 9.11. The molecule has 1 saturated heterocycles. The van der Waals surface area contributed by atoms with Gasteiger partial charge in [-0.25, -0.2) is 9.67 Å². The molecular weight excluding hydrogens is 378 g/mol. The molecule has 1 aromatic carbocycles. The van der Waals surface area contributed by atoms with Crippen LogP contribution >= 0.6 is 11.6 Å². The Hall–Kier alpha value is -3.00. The minimum Gasteiger partial charge on any atom is -0.354 e. The third kappa shape index (κ3) is 3.96. The zero-order valence-corrected chi connectivity index (χ0v) is 16.2. The number of aryl methyl sites for hydroxylation is 1. The van der Waals surface area contributed by atoms with Gasteiger partial charge in [-0.3, -0.25) is 4.79 Å². The van der Waals surface area contributed by atoms with Crippen molar-refractivity contribution in [1.29, 1.82) is 0 Å². The van der Waals surface area contributed by atoms with Crippen LogP contribution in [0.1, 0.15) is 18.4 Å². The van der Waals surface area contributed by atoms with Gasteiger partial charge in [0.05, 0.1) is 16.6 Å². The molecule has 1 N–H and O–H groups in total. The van der Waals surface area contributed by atoms with Crippen molar-refractivity contribution in [3.63, 3.8) is 0 Å². The number of carbonyl (C=O) groups is 1. The van der Waals surface area contributed by atoms with Crippen molar-refractivity contribution in [2.24, 2.45) is 5.92 Å². The van der Waals surface area contributed by atoms with Crippen molar-refractivity contribution in [1.82, 2.24) is 25.0 Å². The fourth-order valence-electron chi connectivity index (χ4n) is 3.29. The molecule has 1 aliphatic heterocycles. The van der Waals surface area contributed by atoms with Gasteiger partial charge in [-0.05, 0) is 49.6 Å². The zero-order valence-electron chi connectivity index (χ0n) is 15.4. The van der Waals surface area contributed by atoms with Crippen molar-refractivity contribution in [3.8, 4) is 5.82 Å². The summed E-state index contributed by atoms with van der Waals surface area (Å²) in [6.45, 7) is 3.39. The maximum atomic E-state index is 12.7. The number of carbonyl (C=O) groups excluding carboxylic acids is 1. The van der Waals surface area contributed by atoms with Gasteiger partial charge >= 0.3 is 0 Å². The molecule has 0 bridgehead atoms. The van der Waals surface area contributed by atoms with Crippen LogP contribution in [0.5, 0.6) is 0 Å². The molecular formula is C19H20ClN7O. The fourth-order valence-corrected chi connectivity index (χ4v) is 3.57. The number of piperidine rings is 1. The number of hydrogen-bond acceptors (Lipinski definition) is 6. The topological polar surface area (TPSA) is 88.8 Å². The molecule has 0 saturated carbocycles. The second-order valence-corrected chi connectivity index (χ2v) is 7.25. The minimum absolute atomic E-state index is 0.0253. The van der Waals surface area contributed by atoms with Crippen LogP contribution in [0.4, 0.5) is 11.5 Å². The molecule has 4 rings (SSSR count). The second-order valence-electron chi connectivity index (χ2n) is 6.85. The Morgan fingerprint density at radius 2 is 2.04 bits per heavy atom. The van der Waals surface area contributed by atoms with Crippen LogP contribution in [0.3, 0.4) is 0 Å². The van der Waals surface area contributed by atoms with E-state index in [9.17, 15) is 4.79 Å². The Kier molecular flexibility index (Phi) is 5.21. The van der Waals surface area contributed by atoms with Crippen molar-refractivity contribution in [3.05, 3.63) is 53.6 Å². The van der Waals surface area contributed by atoms with Crippen LogP contribution in [-0.2, 0) is 4.79 Å². The lowest BCUT2D eigenvalue weighted by atomic mass is 9.97. The van der Waals surface area contributed by atoms with Gasteiger partial charge in [-0.1, -0.05) is 17.7 Å². The third-order valence-corrected chi connectivity index (χ3v) is 5.10. The van der Waals surface area contributed by atoms with Gasteiger partial charge in [-0.2, -0.15) is 5.10 Å². The Balaban J connectivity index is 1.43. The predicted octanol–water partition coefficient (Wildman–Crippen LogP) is 2.87. The Morgan fingerprint density at radius 1 is 1.21 bits per heavy atom. The van der Waals surface area contributed by atoms with Gasteiger partial charge in [0.1, 0.15) is 12.7 Å². The maximum Gasteiger partial charge on any atom is 0.229 e. The lowest BCUT2D eigenvalue weighted by Crippen LogP contribution is -2.41. The molecule has 0 spiro atoms. The highest BCUT2D eigenvalue weighted by molar-refractivity contribution is 6.33. The molecule has 1 atom stereocenters. The highest BCUT2D eigenvalue weighted by Crippen LogP contribution is 2.26. The molecule has 28 heavy (non-hydrogen) atoms. The number of halogens is 1. The monoisotopic (exact) mass is 397 g/mol. The zero-order chi connectivity index (χ0) is 19.5. The number of amides is 1. The Labute approximate surface area is 167 Å².